The van der Waals surface area contributed by atoms with Crippen LogP contribution in [0.3, 0.4) is 0 Å². The molecular formula is C16H14ClN3O. The summed E-state index contributed by atoms with van der Waals surface area (Å²) in [7, 11) is 0. The van der Waals surface area contributed by atoms with Gasteiger partial charge in [-0.2, -0.15) is 0 Å². The van der Waals surface area contributed by atoms with Crippen molar-refractivity contribution in [3.63, 3.8) is 0 Å². The highest BCUT2D eigenvalue weighted by Gasteiger charge is 2.08. The first-order valence-electron chi connectivity index (χ1n) is 6.61. The van der Waals surface area contributed by atoms with Gasteiger partial charge in [0, 0.05) is 11.6 Å². The summed E-state index contributed by atoms with van der Waals surface area (Å²) >= 11 is 5.83. The van der Waals surface area contributed by atoms with Gasteiger partial charge in [-0.15, -0.1) is 0 Å². The maximum absolute atomic E-state index is 10.1. The summed E-state index contributed by atoms with van der Waals surface area (Å²) in [4.78, 5) is 8.77. The van der Waals surface area contributed by atoms with E-state index in [1.54, 1.807) is 30.5 Å². The van der Waals surface area contributed by atoms with E-state index in [1.807, 2.05) is 24.3 Å². The molecule has 0 fully saturated rings. The number of benzene rings is 2. The number of hydrogen-bond donors (Lipinski definition) is 2. The maximum atomic E-state index is 10.1. The molecule has 5 heteroatoms. The molecule has 2 N–H and O–H groups in total. The van der Waals surface area contributed by atoms with Crippen molar-refractivity contribution in [2.45, 2.75) is 6.10 Å². The zero-order valence-corrected chi connectivity index (χ0v) is 12.0. The van der Waals surface area contributed by atoms with E-state index in [1.165, 1.54) is 0 Å². The maximum Gasteiger partial charge on any atom is 0.145 e. The van der Waals surface area contributed by atoms with E-state index in [9.17, 15) is 5.11 Å². The van der Waals surface area contributed by atoms with E-state index in [-0.39, 0.29) is 0 Å². The van der Waals surface area contributed by atoms with Crippen LogP contribution in [0, 0.1) is 0 Å². The van der Waals surface area contributed by atoms with Crippen LogP contribution in [-0.2, 0) is 0 Å². The summed E-state index contributed by atoms with van der Waals surface area (Å²) in [5.41, 5.74) is 2.48. The van der Waals surface area contributed by atoms with Gasteiger partial charge in [-0.3, -0.25) is 4.98 Å². The van der Waals surface area contributed by atoms with E-state index in [4.69, 9.17) is 11.6 Å². The number of anilines is 1. The number of aromatic nitrogens is 2. The Kier molecular flexibility index (Phi) is 3.99. The zero-order valence-electron chi connectivity index (χ0n) is 11.2. The van der Waals surface area contributed by atoms with E-state index in [0.29, 0.717) is 17.4 Å². The van der Waals surface area contributed by atoms with Gasteiger partial charge in [0.15, 0.2) is 0 Å². The molecule has 21 heavy (non-hydrogen) atoms. The van der Waals surface area contributed by atoms with Gasteiger partial charge in [0.05, 0.1) is 23.3 Å². The van der Waals surface area contributed by atoms with Gasteiger partial charge in [-0.1, -0.05) is 35.9 Å². The van der Waals surface area contributed by atoms with Gasteiger partial charge in [0.2, 0.25) is 0 Å². The fourth-order valence-electron chi connectivity index (χ4n) is 2.05. The molecule has 0 aliphatic heterocycles. The third-order valence-electron chi connectivity index (χ3n) is 3.18. The average Bonchev–Trinajstić information content (AvgIpc) is 2.53. The molecule has 1 heterocycles. The quantitative estimate of drug-likeness (QED) is 0.775. The van der Waals surface area contributed by atoms with Crippen molar-refractivity contribution < 1.29 is 5.11 Å². The van der Waals surface area contributed by atoms with Gasteiger partial charge in [-0.25, -0.2) is 4.98 Å². The second-order valence-corrected chi connectivity index (χ2v) is 5.13. The number of halogens is 1. The number of rotatable bonds is 4. The molecule has 4 nitrogen and oxygen atoms in total. The molecule has 106 valence electrons. The minimum atomic E-state index is -0.629. The minimum absolute atomic E-state index is 0.356. The number of fused-ring (bicyclic) bond motifs is 1. The van der Waals surface area contributed by atoms with Crippen LogP contribution in [0.5, 0.6) is 0 Å². The monoisotopic (exact) mass is 299 g/mol. The van der Waals surface area contributed by atoms with Crippen molar-refractivity contribution in [3.05, 3.63) is 65.3 Å². The molecule has 0 aliphatic carbocycles. The van der Waals surface area contributed by atoms with Gasteiger partial charge in [0.25, 0.3) is 0 Å². The SMILES string of the molecule is O[C@@H](CNc1cnc2ccccc2n1)c1ccc(Cl)cc1. The predicted molar refractivity (Wildman–Crippen MR) is 84.4 cm³/mol. The Morgan fingerprint density at radius 3 is 2.52 bits per heavy atom. The summed E-state index contributed by atoms with van der Waals surface area (Å²) in [6.45, 7) is 0.356. The second-order valence-electron chi connectivity index (χ2n) is 4.69. The summed E-state index contributed by atoms with van der Waals surface area (Å²) in [5.74, 6) is 0.640. The van der Waals surface area contributed by atoms with Crippen molar-refractivity contribution in [2.75, 3.05) is 11.9 Å². The molecule has 0 unspecified atom stereocenters. The lowest BCUT2D eigenvalue weighted by molar-refractivity contribution is 0.191. The lowest BCUT2D eigenvalue weighted by atomic mass is 10.1. The molecule has 0 bridgehead atoms. The molecule has 3 rings (SSSR count). The van der Waals surface area contributed by atoms with Crippen LogP contribution in [0.4, 0.5) is 5.82 Å². The highest BCUT2D eigenvalue weighted by atomic mass is 35.5. The smallest absolute Gasteiger partial charge is 0.145 e. The van der Waals surface area contributed by atoms with Crippen molar-refractivity contribution in [3.8, 4) is 0 Å². The van der Waals surface area contributed by atoms with Crippen LogP contribution in [0.2, 0.25) is 5.02 Å². The summed E-state index contributed by atoms with van der Waals surface area (Å²) in [6, 6.07) is 14.8. The van der Waals surface area contributed by atoms with E-state index < -0.39 is 6.10 Å². The average molecular weight is 300 g/mol. The molecule has 0 saturated carbocycles. The van der Waals surface area contributed by atoms with Gasteiger partial charge in [-0.05, 0) is 29.8 Å². The van der Waals surface area contributed by atoms with Crippen LogP contribution < -0.4 is 5.32 Å². The third kappa shape index (κ3) is 3.29. The van der Waals surface area contributed by atoms with Crippen LogP contribution in [0.15, 0.2) is 54.7 Å². The fourth-order valence-corrected chi connectivity index (χ4v) is 2.17. The van der Waals surface area contributed by atoms with Crippen molar-refractivity contribution in [2.24, 2.45) is 0 Å². The summed E-state index contributed by atoms with van der Waals surface area (Å²) in [6.07, 6.45) is 1.03. The van der Waals surface area contributed by atoms with E-state index in [2.05, 4.69) is 15.3 Å². The molecule has 0 amide bonds. The first-order valence-corrected chi connectivity index (χ1v) is 6.99. The number of hydrogen-bond acceptors (Lipinski definition) is 4. The van der Waals surface area contributed by atoms with Gasteiger partial charge >= 0.3 is 0 Å². The van der Waals surface area contributed by atoms with Gasteiger partial charge in [0.1, 0.15) is 5.82 Å². The Morgan fingerprint density at radius 1 is 1.05 bits per heavy atom. The molecule has 0 spiro atoms. The Hall–Kier alpha value is -2.17. The highest BCUT2D eigenvalue weighted by Crippen LogP contribution is 2.17. The van der Waals surface area contributed by atoms with Crippen LogP contribution in [0.25, 0.3) is 11.0 Å². The molecule has 0 radical (unpaired) electrons. The Labute approximate surface area is 127 Å². The van der Waals surface area contributed by atoms with E-state index in [0.717, 1.165) is 16.6 Å². The lowest BCUT2D eigenvalue weighted by Gasteiger charge is -2.12. The molecule has 3 aromatic rings. The van der Waals surface area contributed by atoms with Crippen molar-refractivity contribution in [1.29, 1.82) is 0 Å². The number of aliphatic hydroxyl groups is 1. The van der Waals surface area contributed by atoms with Crippen molar-refractivity contribution >= 4 is 28.5 Å². The van der Waals surface area contributed by atoms with Crippen LogP contribution >= 0.6 is 11.6 Å². The first-order chi connectivity index (χ1) is 10.2. The Morgan fingerprint density at radius 2 is 1.76 bits per heavy atom. The third-order valence-corrected chi connectivity index (χ3v) is 3.43. The predicted octanol–water partition coefficient (Wildman–Crippen LogP) is 3.43. The Balaban J connectivity index is 1.69. The van der Waals surface area contributed by atoms with Crippen LogP contribution in [-0.4, -0.2) is 21.6 Å². The van der Waals surface area contributed by atoms with Crippen LogP contribution in [0.1, 0.15) is 11.7 Å². The molecule has 1 aromatic heterocycles. The Bertz CT molecular complexity index is 746. The first kappa shape index (κ1) is 13.8. The molecule has 0 saturated heterocycles. The topological polar surface area (TPSA) is 58.0 Å². The number of nitrogens with zero attached hydrogens (tertiary/aromatic N) is 2. The molecule has 1 atom stereocenters. The summed E-state index contributed by atoms with van der Waals surface area (Å²) < 4.78 is 0. The normalized spacial score (nSPS) is 12.3. The molecule has 2 aromatic carbocycles. The standard InChI is InChI=1S/C16H14ClN3O/c17-12-7-5-11(6-8-12)15(21)9-19-16-10-18-13-3-1-2-4-14(13)20-16/h1-8,10,15,21H,9H2,(H,19,20)/t15-/m0/s1. The molecule has 0 aliphatic rings. The highest BCUT2D eigenvalue weighted by molar-refractivity contribution is 6.30. The molecular weight excluding hydrogens is 286 g/mol. The van der Waals surface area contributed by atoms with Crippen molar-refractivity contribution in [1.82, 2.24) is 9.97 Å². The fraction of sp³-hybridized carbons (Fsp3) is 0.125. The number of aliphatic hydroxyl groups excluding tert-OH is 1. The minimum Gasteiger partial charge on any atom is -0.387 e. The summed E-state index contributed by atoms with van der Waals surface area (Å²) in [5, 5.41) is 13.9. The lowest BCUT2D eigenvalue weighted by Crippen LogP contribution is -2.13. The number of para-hydroxylation sites is 2. The van der Waals surface area contributed by atoms with E-state index >= 15 is 0 Å². The zero-order chi connectivity index (χ0) is 14.7. The number of nitrogens with one attached hydrogen (secondary N) is 1. The largest absolute Gasteiger partial charge is 0.387 e. The van der Waals surface area contributed by atoms with Gasteiger partial charge < -0.3 is 10.4 Å². The second kappa shape index (κ2) is 6.08.